The van der Waals surface area contributed by atoms with E-state index in [1.54, 1.807) is 37.3 Å². The normalized spacial score (nSPS) is 13.5. The van der Waals surface area contributed by atoms with Gasteiger partial charge in [0.2, 0.25) is 5.91 Å². The molecule has 7 nitrogen and oxygen atoms in total. The van der Waals surface area contributed by atoms with Crippen molar-refractivity contribution in [2.24, 2.45) is 5.10 Å². The van der Waals surface area contributed by atoms with Gasteiger partial charge < -0.3 is 14.8 Å². The van der Waals surface area contributed by atoms with Crippen LogP contribution in [0, 0.1) is 0 Å². The fourth-order valence-electron chi connectivity index (χ4n) is 2.93. The van der Waals surface area contributed by atoms with Crippen molar-refractivity contribution in [3.63, 3.8) is 0 Å². The van der Waals surface area contributed by atoms with E-state index in [0.717, 1.165) is 5.56 Å². The van der Waals surface area contributed by atoms with Crippen LogP contribution in [0.5, 0.6) is 11.5 Å². The number of amides is 2. The second kappa shape index (κ2) is 8.98. The Morgan fingerprint density at radius 2 is 1.67 bits per heavy atom. The standard InChI is InChI=1S/C23H27N3O4/c1-15(25-26-22(28)16-5-7-17(8-6-16)23(2,3)4)13-21(27)24-18-9-10-19-20(14-18)30-12-11-29-19/h5-10,14H,11-13H2,1-4H3,(H,24,27)(H,26,28)/b25-15+. The summed E-state index contributed by atoms with van der Waals surface area (Å²) >= 11 is 0. The Labute approximate surface area is 176 Å². The van der Waals surface area contributed by atoms with Crippen LogP contribution in [0.25, 0.3) is 0 Å². The Bertz CT molecular complexity index is 959. The molecule has 2 aromatic carbocycles. The zero-order valence-corrected chi connectivity index (χ0v) is 17.7. The van der Waals surface area contributed by atoms with Gasteiger partial charge in [0.05, 0.1) is 6.42 Å². The van der Waals surface area contributed by atoms with Gasteiger partial charge in [-0.2, -0.15) is 5.10 Å². The topological polar surface area (TPSA) is 89.0 Å². The van der Waals surface area contributed by atoms with Crippen LogP contribution < -0.4 is 20.2 Å². The minimum atomic E-state index is -0.318. The highest BCUT2D eigenvalue weighted by Gasteiger charge is 2.15. The predicted octanol–water partition coefficient (Wildman–Crippen LogP) is 3.89. The SMILES string of the molecule is C/C(CC(=O)Nc1ccc2c(c1)OCCO2)=N\NC(=O)c1ccc(C(C)(C)C)cc1. The third kappa shape index (κ3) is 5.59. The van der Waals surface area contributed by atoms with Crippen LogP contribution in [-0.2, 0) is 10.2 Å². The van der Waals surface area contributed by atoms with E-state index in [1.807, 2.05) is 12.1 Å². The Morgan fingerprint density at radius 3 is 2.33 bits per heavy atom. The smallest absolute Gasteiger partial charge is 0.271 e. The van der Waals surface area contributed by atoms with Crippen molar-refractivity contribution in [2.45, 2.75) is 39.5 Å². The predicted molar refractivity (Wildman–Crippen MR) is 116 cm³/mol. The molecular weight excluding hydrogens is 382 g/mol. The summed E-state index contributed by atoms with van der Waals surface area (Å²) in [5.74, 6) is 0.711. The summed E-state index contributed by atoms with van der Waals surface area (Å²) in [6, 6.07) is 12.7. The van der Waals surface area contributed by atoms with E-state index < -0.39 is 0 Å². The van der Waals surface area contributed by atoms with Crippen molar-refractivity contribution in [2.75, 3.05) is 18.5 Å². The lowest BCUT2D eigenvalue weighted by Gasteiger charge is -2.19. The number of rotatable bonds is 5. The Balaban J connectivity index is 1.53. The van der Waals surface area contributed by atoms with Crippen LogP contribution in [0.15, 0.2) is 47.6 Å². The molecule has 0 spiro atoms. The van der Waals surface area contributed by atoms with Crippen molar-refractivity contribution < 1.29 is 19.1 Å². The van der Waals surface area contributed by atoms with Crippen molar-refractivity contribution in [3.05, 3.63) is 53.6 Å². The van der Waals surface area contributed by atoms with Gasteiger partial charge in [0.1, 0.15) is 13.2 Å². The highest BCUT2D eigenvalue weighted by atomic mass is 16.6. The maximum absolute atomic E-state index is 12.3. The van der Waals surface area contributed by atoms with E-state index in [1.165, 1.54) is 0 Å². The lowest BCUT2D eigenvalue weighted by atomic mass is 9.87. The molecule has 0 saturated carbocycles. The largest absolute Gasteiger partial charge is 0.486 e. The quantitative estimate of drug-likeness (QED) is 0.579. The second-order valence-corrected chi connectivity index (χ2v) is 8.20. The maximum Gasteiger partial charge on any atom is 0.271 e. The fourth-order valence-corrected chi connectivity index (χ4v) is 2.93. The summed E-state index contributed by atoms with van der Waals surface area (Å²) in [6.07, 6.45) is 0.0533. The molecule has 2 N–H and O–H groups in total. The first-order valence-corrected chi connectivity index (χ1v) is 9.86. The molecule has 30 heavy (non-hydrogen) atoms. The van der Waals surface area contributed by atoms with Crippen molar-refractivity contribution >= 4 is 23.2 Å². The number of hydrogen-bond donors (Lipinski definition) is 2. The number of hydrazone groups is 1. The molecule has 0 saturated heterocycles. The molecule has 2 amide bonds. The zero-order chi connectivity index (χ0) is 21.7. The Morgan fingerprint density at radius 1 is 1.00 bits per heavy atom. The first-order valence-electron chi connectivity index (χ1n) is 9.86. The average Bonchev–Trinajstić information content (AvgIpc) is 2.71. The molecule has 0 bridgehead atoms. The van der Waals surface area contributed by atoms with Crippen LogP contribution in [0.2, 0.25) is 0 Å². The zero-order valence-electron chi connectivity index (χ0n) is 17.7. The number of benzene rings is 2. The lowest BCUT2D eigenvalue weighted by molar-refractivity contribution is -0.115. The lowest BCUT2D eigenvalue weighted by Crippen LogP contribution is -2.22. The molecule has 0 aromatic heterocycles. The molecule has 1 aliphatic rings. The number of hydrogen-bond acceptors (Lipinski definition) is 5. The van der Waals surface area contributed by atoms with Crippen LogP contribution in [0.3, 0.4) is 0 Å². The summed E-state index contributed by atoms with van der Waals surface area (Å²) in [5.41, 5.74) is 5.29. The molecule has 0 fully saturated rings. The molecule has 2 aromatic rings. The molecule has 0 radical (unpaired) electrons. The molecular formula is C23H27N3O4. The number of ether oxygens (including phenoxy) is 2. The van der Waals surface area contributed by atoms with E-state index in [-0.39, 0.29) is 23.7 Å². The number of nitrogens with zero attached hydrogens (tertiary/aromatic N) is 1. The number of anilines is 1. The second-order valence-electron chi connectivity index (χ2n) is 8.20. The Kier molecular flexibility index (Phi) is 6.40. The highest BCUT2D eigenvalue weighted by molar-refractivity contribution is 6.06. The van der Waals surface area contributed by atoms with Gasteiger partial charge in [-0.3, -0.25) is 9.59 Å². The van der Waals surface area contributed by atoms with Crippen LogP contribution in [-0.4, -0.2) is 30.7 Å². The van der Waals surface area contributed by atoms with E-state index >= 15 is 0 Å². The van der Waals surface area contributed by atoms with Gasteiger partial charge in [-0.25, -0.2) is 5.43 Å². The van der Waals surface area contributed by atoms with E-state index in [9.17, 15) is 9.59 Å². The molecule has 7 heteroatoms. The van der Waals surface area contributed by atoms with Gasteiger partial charge in [-0.1, -0.05) is 32.9 Å². The first kappa shape index (κ1) is 21.4. The van der Waals surface area contributed by atoms with E-state index in [2.05, 4.69) is 36.6 Å². The van der Waals surface area contributed by atoms with Crippen molar-refractivity contribution in [1.82, 2.24) is 5.43 Å². The number of fused-ring (bicyclic) bond motifs is 1. The maximum atomic E-state index is 12.3. The Hall–Kier alpha value is -3.35. The van der Waals surface area contributed by atoms with Crippen LogP contribution >= 0.6 is 0 Å². The fraction of sp³-hybridized carbons (Fsp3) is 0.348. The van der Waals surface area contributed by atoms with Crippen LogP contribution in [0.1, 0.15) is 50.0 Å². The minimum absolute atomic E-state index is 0.0221. The third-order valence-corrected chi connectivity index (χ3v) is 4.60. The average molecular weight is 409 g/mol. The summed E-state index contributed by atoms with van der Waals surface area (Å²) in [7, 11) is 0. The molecule has 0 unspecified atom stereocenters. The number of carbonyl (C=O) groups excluding carboxylic acids is 2. The van der Waals surface area contributed by atoms with Gasteiger partial charge in [0, 0.05) is 23.0 Å². The summed E-state index contributed by atoms with van der Waals surface area (Å²) < 4.78 is 11.0. The number of nitrogens with one attached hydrogen (secondary N) is 2. The monoisotopic (exact) mass is 409 g/mol. The van der Waals surface area contributed by atoms with Gasteiger partial charge in [0.25, 0.3) is 5.91 Å². The molecule has 3 rings (SSSR count). The van der Waals surface area contributed by atoms with Gasteiger partial charge in [-0.15, -0.1) is 0 Å². The molecule has 158 valence electrons. The molecule has 0 aliphatic carbocycles. The highest BCUT2D eigenvalue weighted by Crippen LogP contribution is 2.32. The van der Waals surface area contributed by atoms with E-state index in [0.29, 0.717) is 41.7 Å². The van der Waals surface area contributed by atoms with Crippen LogP contribution in [0.4, 0.5) is 5.69 Å². The molecule has 1 aliphatic heterocycles. The molecule has 1 heterocycles. The van der Waals surface area contributed by atoms with Crippen molar-refractivity contribution in [3.8, 4) is 11.5 Å². The summed E-state index contributed by atoms with van der Waals surface area (Å²) in [5, 5.41) is 6.83. The first-order chi connectivity index (χ1) is 14.2. The summed E-state index contributed by atoms with van der Waals surface area (Å²) in [6.45, 7) is 9.03. The molecule has 0 atom stereocenters. The van der Waals surface area contributed by atoms with E-state index in [4.69, 9.17) is 9.47 Å². The third-order valence-electron chi connectivity index (χ3n) is 4.60. The van der Waals surface area contributed by atoms with Gasteiger partial charge >= 0.3 is 0 Å². The number of carbonyl (C=O) groups is 2. The van der Waals surface area contributed by atoms with Gasteiger partial charge in [0.15, 0.2) is 11.5 Å². The van der Waals surface area contributed by atoms with Crippen molar-refractivity contribution in [1.29, 1.82) is 0 Å². The van der Waals surface area contributed by atoms with Gasteiger partial charge in [-0.05, 0) is 42.2 Å². The summed E-state index contributed by atoms with van der Waals surface area (Å²) in [4.78, 5) is 24.5. The minimum Gasteiger partial charge on any atom is -0.486 e.